The number of amides is 1. The normalized spacial score (nSPS) is 12.8. The van der Waals surface area contributed by atoms with Crippen molar-refractivity contribution in [1.29, 1.82) is 0 Å². The summed E-state index contributed by atoms with van der Waals surface area (Å²) in [6, 6.07) is 13.5. The van der Waals surface area contributed by atoms with Crippen LogP contribution < -0.4 is 10.8 Å². The van der Waals surface area contributed by atoms with Crippen molar-refractivity contribution in [3.8, 4) is 0 Å². The minimum Gasteiger partial charge on any atom is -0.373 e. The Hall–Kier alpha value is -2.92. The zero-order valence-corrected chi connectivity index (χ0v) is 14.4. The Bertz CT molecular complexity index is 737. The number of anilines is 1. The number of nitrogens with one attached hydrogen (secondary N) is 2. The molecule has 1 aromatic heterocycles. The number of carbonyl (C=O) groups excluding carboxylic acids is 1. The lowest BCUT2D eigenvalue weighted by molar-refractivity contribution is 0.0701. The molecule has 0 aliphatic heterocycles. The molecule has 25 heavy (non-hydrogen) atoms. The van der Waals surface area contributed by atoms with Crippen LogP contribution in [0.2, 0.25) is 0 Å². The van der Waals surface area contributed by atoms with Gasteiger partial charge in [0, 0.05) is 0 Å². The van der Waals surface area contributed by atoms with Crippen LogP contribution >= 0.6 is 0 Å². The van der Waals surface area contributed by atoms with Gasteiger partial charge in [-0.05, 0) is 36.6 Å². The van der Waals surface area contributed by atoms with Crippen molar-refractivity contribution in [1.82, 2.24) is 10.5 Å². The van der Waals surface area contributed by atoms with Crippen LogP contribution in [-0.2, 0) is 0 Å². The molecule has 130 valence electrons. The first kappa shape index (κ1) is 18.4. The summed E-state index contributed by atoms with van der Waals surface area (Å²) >= 11 is 0. The third-order valence-corrected chi connectivity index (χ3v) is 3.73. The van der Waals surface area contributed by atoms with Gasteiger partial charge in [-0.1, -0.05) is 55.5 Å². The Morgan fingerprint density at radius 3 is 2.60 bits per heavy atom. The monoisotopic (exact) mass is 337 g/mol. The van der Waals surface area contributed by atoms with Gasteiger partial charge in [0.1, 0.15) is 5.69 Å². The number of nitrogens with zero attached hydrogens (tertiary/aromatic N) is 1. The first-order chi connectivity index (χ1) is 12.2. The molecule has 2 aromatic rings. The van der Waals surface area contributed by atoms with E-state index in [-0.39, 0.29) is 11.7 Å². The molecule has 1 aromatic carbocycles. The van der Waals surface area contributed by atoms with Gasteiger partial charge in [-0.25, -0.2) is 10.5 Å². The standard InChI is InChI=1S/C20H23N3O2/c1-3-4-6-9-15(2)19(16-10-7-5-8-11-16)22-17-12-13-18(21-14-17)20(24)23-25/h4-14,19,22,25H,3H2,1-2H3,(H,23,24)/b6-4-,15-9+. The minimum absolute atomic E-state index is 0.0120. The number of pyridine rings is 1. The Labute approximate surface area is 148 Å². The van der Waals surface area contributed by atoms with Crippen LogP contribution in [0.15, 0.2) is 72.5 Å². The highest BCUT2D eigenvalue weighted by Gasteiger charge is 2.13. The molecular weight excluding hydrogens is 314 g/mol. The van der Waals surface area contributed by atoms with E-state index in [1.165, 1.54) is 0 Å². The van der Waals surface area contributed by atoms with Crippen LogP contribution in [0.5, 0.6) is 0 Å². The van der Waals surface area contributed by atoms with Crippen LogP contribution in [0.1, 0.15) is 42.4 Å². The van der Waals surface area contributed by atoms with Crippen molar-refractivity contribution in [2.75, 3.05) is 5.32 Å². The van der Waals surface area contributed by atoms with Gasteiger partial charge in [0.25, 0.3) is 5.91 Å². The molecular formula is C20H23N3O2. The molecule has 1 unspecified atom stereocenters. The largest absolute Gasteiger partial charge is 0.373 e. The predicted octanol–water partition coefficient (Wildman–Crippen LogP) is 4.27. The van der Waals surface area contributed by atoms with E-state index < -0.39 is 5.91 Å². The maximum Gasteiger partial charge on any atom is 0.293 e. The quantitative estimate of drug-likeness (QED) is 0.401. The summed E-state index contributed by atoms with van der Waals surface area (Å²) < 4.78 is 0. The summed E-state index contributed by atoms with van der Waals surface area (Å²) in [5.41, 5.74) is 4.82. The molecule has 0 saturated carbocycles. The molecule has 0 bridgehead atoms. The van der Waals surface area contributed by atoms with Crippen LogP contribution in [0, 0.1) is 0 Å². The fourth-order valence-electron chi connectivity index (χ4n) is 2.40. The molecule has 0 aliphatic carbocycles. The SMILES string of the molecule is CC/C=C\C=C(/C)C(Nc1ccc(C(=O)NO)nc1)c1ccccc1. The summed E-state index contributed by atoms with van der Waals surface area (Å²) in [4.78, 5) is 15.4. The lowest BCUT2D eigenvalue weighted by Crippen LogP contribution is -2.20. The van der Waals surface area contributed by atoms with Crippen molar-refractivity contribution in [3.63, 3.8) is 0 Å². The third kappa shape index (κ3) is 5.29. The molecule has 2 rings (SSSR count). The minimum atomic E-state index is -0.632. The smallest absolute Gasteiger partial charge is 0.293 e. The number of hydrogen-bond donors (Lipinski definition) is 3. The Morgan fingerprint density at radius 2 is 2.00 bits per heavy atom. The predicted molar refractivity (Wildman–Crippen MR) is 99.5 cm³/mol. The zero-order valence-electron chi connectivity index (χ0n) is 14.4. The second kappa shape index (κ2) is 9.39. The van der Waals surface area contributed by atoms with Crippen molar-refractivity contribution in [2.24, 2.45) is 0 Å². The van der Waals surface area contributed by atoms with Crippen molar-refractivity contribution in [2.45, 2.75) is 26.3 Å². The second-order valence-corrected chi connectivity index (χ2v) is 5.61. The lowest BCUT2D eigenvalue weighted by Gasteiger charge is -2.21. The van der Waals surface area contributed by atoms with Gasteiger partial charge in [0.05, 0.1) is 17.9 Å². The van der Waals surface area contributed by atoms with Crippen molar-refractivity contribution >= 4 is 11.6 Å². The number of benzene rings is 1. The summed E-state index contributed by atoms with van der Waals surface area (Å²) in [6.07, 6.45) is 8.83. The highest BCUT2D eigenvalue weighted by molar-refractivity contribution is 5.91. The van der Waals surface area contributed by atoms with E-state index in [1.807, 2.05) is 18.2 Å². The van der Waals surface area contributed by atoms with E-state index in [0.717, 1.165) is 23.2 Å². The average Bonchev–Trinajstić information content (AvgIpc) is 2.66. The first-order valence-corrected chi connectivity index (χ1v) is 8.21. The maximum absolute atomic E-state index is 11.4. The Kier molecular flexibility index (Phi) is 6.92. The van der Waals surface area contributed by atoms with Gasteiger partial charge in [-0.15, -0.1) is 0 Å². The number of aromatic nitrogens is 1. The number of carbonyl (C=O) groups is 1. The van der Waals surface area contributed by atoms with Crippen LogP contribution in [0.25, 0.3) is 0 Å². The van der Waals surface area contributed by atoms with E-state index in [4.69, 9.17) is 5.21 Å². The van der Waals surface area contributed by atoms with Crippen molar-refractivity contribution < 1.29 is 10.0 Å². The van der Waals surface area contributed by atoms with E-state index >= 15 is 0 Å². The molecule has 0 fully saturated rings. The molecule has 0 saturated heterocycles. The molecule has 3 N–H and O–H groups in total. The summed E-state index contributed by atoms with van der Waals surface area (Å²) in [6.45, 7) is 4.17. The highest BCUT2D eigenvalue weighted by Crippen LogP contribution is 2.26. The van der Waals surface area contributed by atoms with Gasteiger partial charge in [-0.3, -0.25) is 10.0 Å². The van der Waals surface area contributed by atoms with Gasteiger partial charge in [0.2, 0.25) is 0 Å². The summed E-state index contributed by atoms with van der Waals surface area (Å²) in [5.74, 6) is -0.632. The fraction of sp³-hybridized carbons (Fsp3) is 0.200. The zero-order chi connectivity index (χ0) is 18.1. The van der Waals surface area contributed by atoms with Gasteiger partial charge in [-0.2, -0.15) is 0 Å². The van der Waals surface area contributed by atoms with E-state index in [0.29, 0.717) is 0 Å². The Balaban J connectivity index is 2.25. The molecule has 1 amide bonds. The van der Waals surface area contributed by atoms with Crippen molar-refractivity contribution in [3.05, 3.63) is 83.7 Å². The molecule has 1 atom stereocenters. The first-order valence-electron chi connectivity index (χ1n) is 8.21. The Morgan fingerprint density at radius 1 is 1.24 bits per heavy atom. The summed E-state index contributed by atoms with van der Waals surface area (Å²) in [5, 5.41) is 12.1. The number of allylic oxidation sites excluding steroid dienone is 3. The van der Waals surface area contributed by atoms with Crippen LogP contribution in [0.3, 0.4) is 0 Å². The second-order valence-electron chi connectivity index (χ2n) is 5.61. The number of hydroxylamine groups is 1. The van der Waals surface area contributed by atoms with Gasteiger partial charge in [0.15, 0.2) is 0 Å². The fourth-order valence-corrected chi connectivity index (χ4v) is 2.40. The van der Waals surface area contributed by atoms with E-state index in [2.05, 4.69) is 54.5 Å². The molecule has 0 radical (unpaired) electrons. The van der Waals surface area contributed by atoms with Gasteiger partial charge >= 0.3 is 0 Å². The van der Waals surface area contributed by atoms with E-state index in [9.17, 15) is 4.79 Å². The highest BCUT2D eigenvalue weighted by atomic mass is 16.5. The van der Waals surface area contributed by atoms with Gasteiger partial charge < -0.3 is 5.32 Å². The average molecular weight is 337 g/mol. The number of hydrogen-bond acceptors (Lipinski definition) is 4. The molecule has 1 heterocycles. The topological polar surface area (TPSA) is 74.2 Å². The van der Waals surface area contributed by atoms with E-state index in [1.54, 1.807) is 23.8 Å². The van der Waals surface area contributed by atoms with Crippen LogP contribution in [-0.4, -0.2) is 16.1 Å². The van der Waals surface area contributed by atoms with Crippen LogP contribution in [0.4, 0.5) is 5.69 Å². The third-order valence-electron chi connectivity index (χ3n) is 3.73. The molecule has 5 heteroatoms. The summed E-state index contributed by atoms with van der Waals surface area (Å²) in [7, 11) is 0. The molecule has 5 nitrogen and oxygen atoms in total. The number of rotatable bonds is 7. The molecule has 0 aliphatic rings. The molecule has 0 spiro atoms. The maximum atomic E-state index is 11.4. The lowest BCUT2D eigenvalue weighted by atomic mass is 9.99.